The number of benzene rings is 1. The number of hydrogen-bond donors (Lipinski definition) is 2. The molecule has 14 heteroatoms. The van der Waals surface area contributed by atoms with Gasteiger partial charge in [-0.2, -0.15) is 0 Å². The normalized spacial score (nSPS) is 20.4. The average Bonchev–Trinajstić information content (AvgIpc) is 3.71. The highest BCUT2D eigenvalue weighted by Crippen LogP contribution is 2.39. The van der Waals surface area contributed by atoms with E-state index in [1.807, 2.05) is 11.0 Å². The number of fused-ring (bicyclic) bond motifs is 2. The quantitative estimate of drug-likeness (QED) is 0.109. The Morgan fingerprint density at radius 1 is 1.09 bits per heavy atom. The van der Waals surface area contributed by atoms with Crippen LogP contribution in [0.25, 0.3) is 11.1 Å². The predicted octanol–water partition coefficient (Wildman–Crippen LogP) is 1.52. The maximum atomic E-state index is 13.4. The largest absolute Gasteiger partial charge is 0.497 e. The van der Waals surface area contributed by atoms with Gasteiger partial charge in [0.25, 0.3) is 5.91 Å². The van der Waals surface area contributed by atoms with Crippen LogP contribution in [0.5, 0.6) is 5.75 Å². The number of aromatic nitrogens is 3. The number of carbonyl (C=O) groups excluding carboxylic acids is 3. The summed E-state index contributed by atoms with van der Waals surface area (Å²) in [6.07, 6.45) is 6.38. The standard InChI is InChI=1S/C30H28N8O6/c1-43-20-3-2-18-16-38(28(40)21(18)11-20)17-30(13-26(39)34-29(30)41)24-12-22-23(44-24)10-19(14-33-22)27(35-42)37-8-6-36(7-9-37)25-15-31-4-5-32-25/h2-5,10-12,14-15,42H,6-9,13,16-17H2,1H3,(H,34,39,41)/t30-/m1/s1. The molecule has 224 valence electrons. The fourth-order valence-corrected chi connectivity index (χ4v) is 6.15. The lowest BCUT2D eigenvalue weighted by molar-refractivity contribution is -0.127. The van der Waals surface area contributed by atoms with Crippen molar-refractivity contribution in [2.45, 2.75) is 18.4 Å². The summed E-state index contributed by atoms with van der Waals surface area (Å²) in [6, 6.07) is 8.60. The van der Waals surface area contributed by atoms with E-state index in [-0.39, 0.29) is 31.2 Å². The van der Waals surface area contributed by atoms with Gasteiger partial charge in [0.15, 0.2) is 11.4 Å². The third-order valence-corrected chi connectivity index (χ3v) is 8.45. The van der Waals surface area contributed by atoms with Gasteiger partial charge >= 0.3 is 0 Å². The minimum absolute atomic E-state index is 0.0630. The van der Waals surface area contributed by atoms with E-state index in [1.54, 1.807) is 54.0 Å². The molecule has 0 unspecified atom stereocenters. The van der Waals surface area contributed by atoms with Gasteiger partial charge in [-0.1, -0.05) is 11.2 Å². The molecular formula is C30H28N8O6. The Bertz CT molecular complexity index is 1820. The van der Waals surface area contributed by atoms with Crippen LogP contribution in [0.2, 0.25) is 0 Å². The number of ether oxygens (including phenoxy) is 1. The summed E-state index contributed by atoms with van der Waals surface area (Å²) >= 11 is 0. The van der Waals surface area contributed by atoms with Gasteiger partial charge in [-0.3, -0.25) is 29.7 Å². The van der Waals surface area contributed by atoms with Crippen LogP contribution in [0.4, 0.5) is 5.82 Å². The second kappa shape index (κ2) is 10.6. The minimum atomic E-state index is -1.44. The summed E-state index contributed by atoms with van der Waals surface area (Å²) in [4.78, 5) is 57.8. The Hall–Kier alpha value is -5.53. The van der Waals surface area contributed by atoms with Gasteiger partial charge in [-0.25, -0.2) is 4.98 Å². The molecule has 0 saturated carbocycles. The molecule has 2 saturated heterocycles. The molecule has 7 rings (SSSR count). The minimum Gasteiger partial charge on any atom is -0.497 e. The van der Waals surface area contributed by atoms with Crippen molar-refractivity contribution in [1.82, 2.24) is 30.1 Å². The number of oxime groups is 1. The molecule has 2 N–H and O–H groups in total. The molecule has 6 heterocycles. The smallest absolute Gasteiger partial charge is 0.254 e. The van der Waals surface area contributed by atoms with E-state index < -0.39 is 17.2 Å². The lowest BCUT2D eigenvalue weighted by Crippen LogP contribution is -2.49. The number of amidine groups is 1. The zero-order valence-corrected chi connectivity index (χ0v) is 23.8. The lowest BCUT2D eigenvalue weighted by atomic mass is 9.82. The van der Waals surface area contributed by atoms with Crippen molar-refractivity contribution in [3.63, 3.8) is 0 Å². The number of rotatable bonds is 6. The SMILES string of the molecule is COc1ccc2c(c1)C(=O)N(C[C@@]1(c3cc4ncc(C(=NO)N5CCN(c6cnccn6)CC5)cc4o3)CC(=O)NC1=O)C2. The number of amides is 3. The van der Waals surface area contributed by atoms with E-state index in [0.29, 0.717) is 60.0 Å². The zero-order chi connectivity index (χ0) is 30.4. The molecule has 3 amide bonds. The Morgan fingerprint density at radius 2 is 1.93 bits per heavy atom. The van der Waals surface area contributed by atoms with Gasteiger partial charge in [0.05, 0.1) is 19.7 Å². The fraction of sp³-hybridized carbons (Fsp3) is 0.300. The van der Waals surface area contributed by atoms with E-state index in [1.165, 1.54) is 7.11 Å². The first kappa shape index (κ1) is 27.3. The number of methoxy groups -OCH3 is 1. The van der Waals surface area contributed by atoms with E-state index in [2.05, 4.69) is 30.3 Å². The van der Waals surface area contributed by atoms with Gasteiger partial charge in [0.2, 0.25) is 11.8 Å². The first-order valence-corrected chi connectivity index (χ1v) is 14.1. The molecule has 3 aliphatic heterocycles. The molecule has 3 aromatic heterocycles. The summed E-state index contributed by atoms with van der Waals surface area (Å²) in [5, 5.41) is 15.9. The monoisotopic (exact) mass is 596 g/mol. The Balaban J connectivity index is 1.15. The average molecular weight is 597 g/mol. The molecule has 0 aliphatic carbocycles. The van der Waals surface area contributed by atoms with Crippen LogP contribution < -0.4 is 15.0 Å². The van der Waals surface area contributed by atoms with Crippen molar-refractivity contribution in [2.24, 2.45) is 5.16 Å². The summed E-state index contributed by atoms with van der Waals surface area (Å²) in [7, 11) is 1.53. The fourth-order valence-electron chi connectivity index (χ4n) is 6.15. The number of pyridine rings is 1. The van der Waals surface area contributed by atoms with E-state index in [4.69, 9.17) is 9.15 Å². The summed E-state index contributed by atoms with van der Waals surface area (Å²) in [5.74, 6) is 0.637. The van der Waals surface area contributed by atoms with Crippen LogP contribution in [0.3, 0.4) is 0 Å². The van der Waals surface area contributed by atoms with Crippen LogP contribution in [-0.4, -0.2) is 93.3 Å². The summed E-state index contributed by atoms with van der Waals surface area (Å²) < 4.78 is 11.5. The molecule has 0 radical (unpaired) electrons. The van der Waals surface area contributed by atoms with Crippen molar-refractivity contribution in [3.8, 4) is 5.75 Å². The Labute approximate surface area is 250 Å². The van der Waals surface area contributed by atoms with Gasteiger partial charge in [0, 0.05) is 75.1 Å². The highest BCUT2D eigenvalue weighted by molar-refractivity contribution is 6.10. The number of carbonyl (C=O) groups is 3. The van der Waals surface area contributed by atoms with Crippen molar-refractivity contribution < 1.29 is 28.7 Å². The van der Waals surface area contributed by atoms with Gasteiger partial charge in [-0.15, -0.1) is 0 Å². The molecule has 0 spiro atoms. The highest BCUT2D eigenvalue weighted by atomic mass is 16.5. The van der Waals surface area contributed by atoms with Crippen molar-refractivity contribution >= 4 is 40.5 Å². The Kier molecular flexibility index (Phi) is 6.60. The first-order chi connectivity index (χ1) is 21.4. The molecule has 14 nitrogen and oxygen atoms in total. The third-order valence-electron chi connectivity index (χ3n) is 8.45. The summed E-state index contributed by atoms with van der Waals surface area (Å²) in [6.45, 7) is 2.66. The molecule has 3 aliphatic rings. The van der Waals surface area contributed by atoms with Crippen molar-refractivity contribution in [1.29, 1.82) is 0 Å². The first-order valence-electron chi connectivity index (χ1n) is 14.1. The molecule has 1 atom stereocenters. The lowest BCUT2D eigenvalue weighted by Gasteiger charge is -2.36. The van der Waals surface area contributed by atoms with E-state index >= 15 is 0 Å². The number of piperazine rings is 1. The number of furan rings is 1. The molecular weight excluding hydrogens is 568 g/mol. The number of nitrogens with one attached hydrogen (secondary N) is 1. The van der Waals surface area contributed by atoms with Crippen LogP contribution in [0.15, 0.2) is 64.7 Å². The van der Waals surface area contributed by atoms with Gasteiger partial charge in [0.1, 0.15) is 28.3 Å². The van der Waals surface area contributed by atoms with Crippen molar-refractivity contribution in [3.05, 3.63) is 77.6 Å². The van der Waals surface area contributed by atoms with E-state index in [9.17, 15) is 19.6 Å². The Morgan fingerprint density at radius 3 is 2.64 bits per heavy atom. The summed E-state index contributed by atoms with van der Waals surface area (Å²) in [5.41, 5.74) is 1.19. The maximum Gasteiger partial charge on any atom is 0.254 e. The predicted molar refractivity (Wildman–Crippen MR) is 155 cm³/mol. The molecule has 4 aromatic rings. The second-order valence-corrected chi connectivity index (χ2v) is 11.0. The van der Waals surface area contributed by atoms with Gasteiger partial charge < -0.3 is 29.1 Å². The van der Waals surface area contributed by atoms with E-state index in [0.717, 1.165) is 11.4 Å². The van der Waals surface area contributed by atoms with Crippen LogP contribution in [-0.2, 0) is 21.5 Å². The number of anilines is 1. The van der Waals surface area contributed by atoms with Crippen molar-refractivity contribution in [2.75, 3.05) is 44.7 Å². The number of nitrogens with zero attached hydrogens (tertiary/aromatic N) is 7. The van der Waals surface area contributed by atoms with Crippen LogP contribution >= 0.6 is 0 Å². The molecule has 2 fully saturated rings. The molecule has 0 bridgehead atoms. The number of hydrogen-bond acceptors (Lipinski definition) is 11. The highest BCUT2D eigenvalue weighted by Gasteiger charge is 2.53. The maximum absolute atomic E-state index is 13.4. The van der Waals surface area contributed by atoms with Crippen LogP contribution in [0, 0.1) is 0 Å². The second-order valence-electron chi connectivity index (χ2n) is 11.0. The molecule has 44 heavy (non-hydrogen) atoms. The van der Waals surface area contributed by atoms with Gasteiger partial charge in [-0.05, 0) is 23.8 Å². The third kappa shape index (κ3) is 4.55. The van der Waals surface area contributed by atoms with Crippen LogP contribution in [0.1, 0.15) is 33.7 Å². The molecule has 1 aromatic carbocycles. The number of imide groups is 1. The topological polar surface area (TPSA) is 167 Å². The zero-order valence-electron chi connectivity index (χ0n) is 23.8.